The number of aromatic nitrogens is 2. The number of rotatable bonds is 5. The lowest BCUT2D eigenvalue weighted by atomic mass is 9.89. The standard InChI is InChI=1S/C17H30N4/c1-13(2)15-6-5-8-21(9-7-15)17-12-19-16(11-20-17)10-18-14(3)4/h11-15,18H,5-10H2,1-4H3. The van der Waals surface area contributed by atoms with Crippen LogP contribution in [-0.2, 0) is 6.54 Å². The average molecular weight is 290 g/mol. The largest absolute Gasteiger partial charge is 0.355 e. The van der Waals surface area contributed by atoms with Gasteiger partial charge in [0.15, 0.2) is 0 Å². The minimum atomic E-state index is 0.477. The van der Waals surface area contributed by atoms with E-state index in [0.29, 0.717) is 6.04 Å². The normalized spacial score (nSPS) is 20.1. The molecule has 1 aromatic rings. The highest BCUT2D eigenvalue weighted by Crippen LogP contribution is 2.26. The predicted molar refractivity (Wildman–Crippen MR) is 88.4 cm³/mol. The molecule has 21 heavy (non-hydrogen) atoms. The van der Waals surface area contributed by atoms with Crippen molar-refractivity contribution in [3.05, 3.63) is 18.1 Å². The Morgan fingerprint density at radius 1 is 1.14 bits per heavy atom. The van der Waals surface area contributed by atoms with Gasteiger partial charge in [-0.3, -0.25) is 4.98 Å². The van der Waals surface area contributed by atoms with Gasteiger partial charge in [0.05, 0.1) is 18.1 Å². The van der Waals surface area contributed by atoms with Crippen LogP contribution in [0.15, 0.2) is 12.4 Å². The molecule has 0 bridgehead atoms. The highest BCUT2D eigenvalue weighted by Gasteiger charge is 2.20. The van der Waals surface area contributed by atoms with Gasteiger partial charge < -0.3 is 10.2 Å². The van der Waals surface area contributed by atoms with Crippen LogP contribution in [0, 0.1) is 11.8 Å². The summed E-state index contributed by atoms with van der Waals surface area (Å²) in [5.41, 5.74) is 1.02. The van der Waals surface area contributed by atoms with Crippen LogP contribution < -0.4 is 10.2 Å². The van der Waals surface area contributed by atoms with Gasteiger partial charge in [-0.2, -0.15) is 0 Å². The molecule has 1 aliphatic rings. The van der Waals surface area contributed by atoms with Crippen LogP contribution in [0.4, 0.5) is 5.82 Å². The fraction of sp³-hybridized carbons (Fsp3) is 0.765. The summed E-state index contributed by atoms with van der Waals surface area (Å²) in [4.78, 5) is 11.6. The Balaban J connectivity index is 1.92. The van der Waals surface area contributed by atoms with Crippen LogP contribution in [0.3, 0.4) is 0 Å². The first-order valence-electron chi connectivity index (χ1n) is 8.35. The third-order valence-electron chi connectivity index (χ3n) is 4.42. The summed E-state index contributed by atoms with van der Waals surface area (Å²) in [6.07, 6.45) is 7.73. The van der Waals surface area contributed by atoms with Crippen LogP contribution in [-0.4, -0.2) is 29.1 Å². The third kappa shape index (κ3) is 4.95. The number of hydrogen-bond acceptors (Lipinski definition) is 4. The Bertz CT molecular complexity index is 413. The molecule has 1 N–H and O–H groups in total. The van der Waals surface area contributed by atoms with Crippen molar-refractivity contribution in [3.8, 4) is 0 Å². The molecule has 1 fully saturated rings. The highest BCUT2D eigenvalue weighted by atomic mass is 15.2. The summed E-state index contributed by atoms with van der Waals surface area (Å²) in [5, 5.41) is 3.37. The van der Waals surface area contributed by atoms with Gasteiger partial charge in [-0.1, -0.05) is 27.7 Å². The maximum atomic E-state index is 4.62. The Labute approximate surface area is 129 Å². The van der Waals surface area contributed by atoms with Crippen molar-refractivity contribution in [1.29, 1.82) is 0 Å². The van der Waals surface area contributed by atoms with E-state index in [4.69, 9.17) is 0 Å². The average Bonchev–Trinajstić information content (AvgIpc) is 2.71. The minimum Gasteiger partial charge on any atom is -0.355 e. The minimum absolute atomic E-state index is 0.477. The van der Waals surface area contributed by atoms with E-state index in [2.05, 4.69) is 47.9 Å². The summed E-state index contributed by atoms with van der Waals surface area (Å²) in [6.45, 7) is 12.0. The lowest BCUT2D eigenvalue weighted by Gasteiger charge is -2.22. The van der Waals surface area contributed by atoms with E-state index in [0.717, 1.165) is 43.0 Å². The van der Waals surface area contributed by atoms with E-state index in [9.17, 15) is 0 Å². The van der Waals surface area contributed by atoms with E-state index in [1.54, 1.807) is 0 Å². The molecule has 1 aliphatic heterocycles. The highest BCUT2D eigenvalue weighted by molar-refractivity contribution is 5.35. The van der Waals surface area contributed by atoms with Gasteiger partial charge >= 0.3 is 0 Å². The summed E-state index contributed by atoms with van der Waals surface area (Å²) in [7, 11) is 0. The van der Waals surface area contributed by atoms with Gasteiger partial charge in [0.1, 0.15) is 5.82 Å². The lowest BCUT2D eigenvalue weighted by Crippen LogP contribution is -2.26. The lowest BCUT2D eigenvalue weighted by molar-refractivity contribution is 0.351. The van der Waals surface area contributed by atoms with Crippen LogP contribution in [0.5, 0.6) is 0 Å². The summed E-state index contributed by atoms with van der Waals surface area (Å²) >= 11 is 0. The Morgan fingerprint density at radius 3 is 2.57 bits per heavy atom. The predicted octanol–water partition coefficient (Wildman–Crippen LogP) is 3.24. The molecule has 1 aromatic heterocycles. The molecule has 118 valence electrons. The molecule has 0 aliphatic carbocycles. The van der Waals surface area contributed by atoms with Gasteiger partial charge in [0.2, 0.25) is 0 Å². The number of anilines is 1. The van der Waals surface area contributed by atoms with Crippen molar-refractivity contribution >= 4 is 5.82 Å². The molecule has 2 heterocycles. The van der Waals surface area contributed by atoms with Crippen molar-refractivity contribution < 1.29 is 0 Å². The molecule has 4 nitrogen and oxygen atoms in total. The van der Waals surface area contributed by atoms with E-state index in [1.807, 2.05) is 12.4 Å². The van der Waals surface area contributed by atoms with Crippen molar-refractivity contribution in [3.63, 3.8) is 0 Å². The van der Waals surface area contributed by atoms with Crippen LogP contribution in [0.2, 0.25) is 0 Å². The molecule has 0 radical (unpaired) electrons. The molecule has 0 aromatic carbocycles. The smallest absolute Gasteiger partial charge is 0.147 e. The SMILES string of the molecule is CC(C)NCc1cnc(N2CCCC(C(C)C)CC2)cn1. The van der Waals surface area contributed by atoms with Crippen LogP contribution in [0.25, 0.3) is 0 Å². The van der Waals surface area contributed by atoms with Gasteiger partial charge in [0, 0.05) is 25.7 Å². The van der Waals surface area contributed by atoms with Gasteiger partial charge in [-0.05, 0) is 31.1 Å². The first kappa shape index (κ1) is 16.2. The molecule has 4 heteroatoms. The summed E-state index contributed by atoms with van der Waals surface area (Å²) < 4.78 is 0. The second-order valence-electron chi connectivity index (χ2n) is 6.82. The quantitative estimate of drug-likeness (QED) is 0.904. The Kier molecular flexibility index (Phi) is 5.97. The number of nitrogens with one attached hydrogen (secondary N) is 1. The van der Waals surface area contributed by atoms with E-state index >= 15 is 0 Å². The first-order valence-corrected chi connectivity index (χ1v) is 8.35. The molecular formula is C17H30N4. The molecule has 1 unspecified atom stereocenters. The zero-order chi connectivity index (χ0) is 15.2. The van der Waals surface area contributed by atoms with E-state index in [-0.39, 0.29) is 0 Å². The molecule has 2 rings (SSSR count). The van der Waals surface area contributed by atoms with Crippen LogP contribution >= 0.6 is 0 Å². The van der Waals surface area contributed by atoms with E-state index < -0.39 is 0 Å². The number of nitrogens with zero attached hydrogens (tertiary/aromatic N) is 3. The fourth-order valence-corrected chi connectivity index (χ4v) is 2.93. The second-order valence-corrected chi connectivity index (χ2v) is 6.82. The first-order chi connectivity index (χ1) is 10.1. The molecule has 0 saturated carbocycles. The second kappa shape index (κ2) is 7.74. The summed E-state index contributed by atoms with van der Waals surface area (Å²) in [6, 6.07) is 0.477. The van der Waals surface area contributed by atoms with Crippen LogP contribution in [0.1, 0.15) is 52.7 Å². The Morgan fingerprint density at radius 2 is 1.95 bits per heavy atom. The third-order valence-corrected chi connectivity index (χ3v) is 4.42. The molecule has 0 amide bonds. The molecule has 1 saturated heterocycles. The summed E-state index contributed by atoms with van der Waals surface area (Å²) in [5.74, 6) is 2.69. The monoisotopic (exact) mass is 290 g/mol. The van der Waals surface area contributed by atoms with Gasteiger partial charge in [-0.15, -0.1) is 0 Å². The molecule has 0 spiro atoms. The van der Waals surface area contributed by atoms with Crippen molar-refractivity contribution in [1.82, 2.24) is 15.3 Å². The Hall–Kier alpha value is -1.16. The van der Waals surface area contributed by atoms with E-state index in [1.165, 1.54) is 19.3 Å². The molecular weight excluding hydrogens is 260 g/mol. The zero-order valence-corrected chi connectivity index (χ0v) is 14.0. The van der Waals surface area contributed by atoms with Gasteiger partial charge in [-0.25, -0.2) is 4.98 Å². The van der Waals surface area contributed by atoms with Crippen molar-refractivity contribution in [2.45, 2.75) is 59.5 Å². The fourth-order valence-electron chi connectivity index (χ4n) is 2.93. The van der Waals surface area contributed by atoms with Crippen molar-refractivity contribution in [2.24, 2.45) is 11.8 Å². The van der Waals surface area contributed by atoms with Gasteiger partial charge in [0.25, 0.3) is 0 Å². The molecule has 1 atom stereocenters. The zero-order valence-electron chi connectivity index (χ0n) is 14.0. The maximum Gasteiger partial charge on any atom is 0.147 e. The number of hydrogen-bond donors (Lipinski definition) is 1. The van der Waals surface area contributed by atoms with Crippen molar-refractivity contribution in [2.75, 3.05) is 18.0 Å². The maximum absolute atomic E-state index is 4.62. The topological polar surface area (TPSA) is 41.1 Å².